The van der Waals surface area contributed by atoms with E-state index in [4.69, 9.17) is 16.3 Å². The molecule has 1 amide bonds. The number of aromatic nitrogens is 1. The van der Waals surface area contributed by atoms with Gasteiger partial charge in [-0.05, 0) is 48.4 Å². The summed E-state index contributed by atoms with van der Waals surface area (Å²) in [6.07, 6.45) is 2.46. The zero-order valence-corrected chi connectivity index (χ0v) is 15.8. The van der Waals surface area contributed by atoms with Crippen molar-refractivity contribution in [2.45, 2.75) is 13.5 Å². The van der Waals surface area contributed by atoms with Crippen LogP contribution in [-0.2, 0) is 11.3 Å². The maximum atomic E-state index is 12.3. The van der Waals surface area contributed by atoms with Gasteiger partial charge in [0.05, 0.1) is 5.56 Å². The first-order valence-corrected chi connectivity index (χ1v) is 8.82. The second kappa shape index (κ2) is 8.54. The van der Waals surface area contributed by atoms with Gasteiger partial charge in [-0.3, -0.25) is 4.79 Å². The Labute approximate surface area is 166 Å². The van der Waals surface area contributed by atoms with Crippen molar-refractivity contribution in [2.24, 2.45) is 0 Å². The monoisotopic (exact) mass is 396 g/mol. The standard InChI is InChI=1S/C21H17ClN2O4/c1-14-12-18(6-7-19(14)22)23-20(25)16-4-2-15(3-5-16)13-28-21(26)17-8-10-24(27)11-9-17/h2-12H,13H2,1H3,(H,23,25). The molecule has 0 aliphatic heterocycles. The van der Waals surface area contributed by atoms with E-state index in [1.807, 2.05) is 6.92 Å². The summed E-state index contributed by atoms with van der Waals surface area (Å²) in [7, 11) is 0. The van der Waals surface area contributed by atoms with Gasteiger partial charge in [0.1, 0.15) is 6.61 Å². The van der Waals surface area contributed by atoms with Gasteiger partial charge < -0.3 is 15.3 Å². The van der Waals surface area contributed by atoms with Crippen LogP contribution in [0.5, 0.6) is 0 Å². The van der Waals surface area contributed by atoms with Crippen LogP contribution in [-0.4, -0.2) is 11.9 Å². The van der Waals surface area contributed by atoms with Gasteiger partial charge in [0.2, 0.25) is 0 Å². The Balaban J connectivity index is 1.58. The van der Waals surface area contributed by atoms with Gasteiger partial charge in [0.15, 0.2) is 12.4 Å². The number of anilines is 1. The Hall–Kier alpha value is -3.38. The molecule has 7 heteroatoms. The van der Waals surface area contributed by atoms with Crippen LogP contribution in [0.1, 0.15) is 31.8 Å². The van der Waals surface area contributed by atoms with Crippen LogP contribution in [0.3, 0.4) is 0 Å². The van der Waals surface area contributed by atoms with Crippen molar-refractivity contribution in [1.29, 1.82) is 0 Å². The van der Waals surface area contributed by atoms with Crippen LogP contribution < -0.4 is 10.0 Å². The summed E-state index contributed by atoms with van der Waals surface area (Å²) in [5.74, 6) is -0.777. The van der Waals surface area contributed by atoms with Crippen molar-refractivity contribution in [2.75, 3.05) is 5.32 Å². The molecule has 0 aliphatic rings. The van der Waals surface area contributed by atoms with Gasteiger partial charge >= 0.3 is 5.97 Å². The third kappa shape index (κ3) is 4.86. The summed E-state index contributed by atoms with van der Waals surface area (Å²) >= 11 is 5.99. The Morgan fingerprint density at radius 2 is 1.71 bits per heavy atom. The summed E-state index contributed by atoms with van der Waals surface area (Å²) in [4.78, 5) is 24.3. The molecule has 3 aromatic rings. The van der Waals surface area contributed by atoms with Crippen molar-refractivity contribution in [3.05, 3.63) is 99.5 Å². The van der Waals surface area contributed by atoms with Crippen LogP contribution >= 0.6 is 11.6 Å². The number of rotatable bonds is 5. The molecule has 28 heavy (non-hydrogen) atoms. The van der Waals surface area contributed by atoms with Crippen molar-refractivity contribution < 1.29 is 19.1 Å². The molecule has 0 aliphatic carbocycles. The van der Waals surface area contributed by atoms with Crippen LogP contribution in [0.4, 0.5) is 5.69 Å². The van der Waals surface area contributed by atoms with E-state index in [-0.39, 0.29) is 12.5 Å². The number of aryl methyl sites for hydroxylation is 1. The number of hydrogen-bond acceptors (Lipinski definition) is 4. The first-order valence-electron chi connectivity index (χ1n) is 8.45. The van der Waals surface area contributed by atoms with E-state index < -0.39 is 5.97 Å². The van der Waals surface area contributed by atoms with Crippen LogP contribution in [0.25, 0.3) is 0 Å². The van der Waals surface area contributed by atoms with E-state index in [0.29, 0.717) is 26.6 Å². The molecule has 0 atom stereocenters. The van der Waals surface area contributed by atoms with E-state index in [0.717, 1.165) is 11.1 Å². The zero-order valence-electron chi connectivity index (χ0n) is 15.0. The fraction of sp³-hybridized carbons (Fsp3) is 0.0952. The molecular formula is C21H17ClN2O4. The number of pyridine rings is 1. The number of nitrogens with zero attached hydrogens (tertiary/aromatic N) is 1. The van der Waals surface area contributed by atoms with Crippen LogP contribution in [0.2, 0.25) is 5.02 Å². The van der Waals surface area contributed by atoms with E-state index in [1.54, 1.807) is 42.5 Å². The van der Waals surface area contributed by atoms with E-state index in [9.17, 15) is 14.8 Å². The first kappa shape index (κ1) is 19.4. The number of esters is 1. The Bertz CT molecular complexity index is 1000. The van der Waals surface area contributed by atoms with E-state index in [1.165, 1.54) is 24.5 Å². The number of benzene rings is 2. The average molecular weight is 397 g/mol. The molecule has 0 unspecified atom stereocenters. The van der Waals surface area contributed by atoms with Crippen molar-refractivity contribution >= 4 is 29.2 Å². The molecule has 0 spiro atoms. The van der Waals surface area contributed by atoms with Gasteiger partial charge in [0.25, 0.3) is 5.91 Å². The highest BCUT2D eigenvalue weighted by Gasteiger charge is 2.10. The predicted molar refractivity (Wildman–Crippen MR) is 105 cm³/mol. The topological polar surface area (TPSA) is 82.3 Å². The van der Waals surface area contributed by atoms with Crippen molar-refractivity contribution in [3.8, 4) is 0 Å². The Kier molecular flexibility index (Phi) is 5.91. The second-order valence-corrected chi connectivity index (χ2v) is 6.55. The fourth-order valence-electron chi connectivity index (χ4n) is 2.46. The average Bonchev–Trinajstić information content (AvgIpc) is 2.70. The molecule has 0 fully saturated rings. The highest BCUT2D eigenvalue weighted by molar-refractivity contribution is 6.31. The van der Waals surface area contributed by atoms with Gasteiger partial charge in [0, 0.05) is 28.4 Å². The quantitative estimate of drug-likeness (QED) is 0.403. The lowest BCUT2D eigenvalue weighted by atomic mass is 10.1. The summed E-state index contributed by atoms with van der Waals surface area (Å²) in [6.45, 7) is 1.92. The zero-order chi connectivity index (χ0) is 20.1. The molecular weight excluding hydrogens is 380 g/mol. The molecule has 0 saturated heterocycles. The minimum absolute atomic E-state index is 0.0589. The summed E-state index contributed by atoms with van der Waals surface area (Å²) in [6, 6.07) is 14.8. The number of nitrogens with one attached hydrogen (secondary N) is 1. The number of carbonyl (C=O) groups excluding carboxylic acids is 2. The molecule has 1 aromatic heterocycles. The summed E-state index contributed by atoms with van der Waals surface area (Å²) < 4.78 is 5.80. The molecule has 6 nitrogen and oxygen atoms in total. The maximum absolute atomic E-state index is 12.3. The second-order valence-electron chi connectivity index (χ2n) is 6.14. The molecule has 0 saturated carbocycles. The van der Waals surface area contributed by atoms with Crippen molar-refractivity contribution in [3.63, 3.8) is 0 Å². The molecule has 142 valence electrons. The Morgan fingerprint density at radius 1 is 1.04 bits per heavy atom. The van der Waals surface area contributed by atoms with Gasteiger partial charge in [-0.15, -0.1) is 0 Å². The summed E-state index contributed by atoms with van der Waals surface area (Å²) in [5, 5.41) is 14.4. The van der Waals surface area contributed by atoms with Crippen LogP contribution in [0.15, 0.2) is 67.0 Å². The third-order valence-electron chi connectivity index (χ3n) is 4.04. The smallest absolute Gasteiger partial charge is 0.338 e. The SMILES string of the molecule is Cc1cc(NC(=O)c2ccc(COC(=O)c3cc[n+]([O-])cc3)cc2)ccc1Cl. The van der Waals surface area contributed by atoms with Gasteiger partial charge in [-0.25, -0.2) is 4.79 Å². The largest absolute Gasteiger partial charge is 0.619 e. The fourth-order valence-corrected chi connectivity index (χ4v) is 2.58. The van der Waals surface area contributed by atoms with E-state index >= 15 is 0 Å². The van der Waals surface area contributed by atoms with Crippen LogP contribution in [0, 0.1) is 12.1 Å². The minimum atomic E-state index is -0.527. The molecule has 2 aromatic carbocycles. The summed E-state index contributed by atoms with van der Waals surface area (Å²) in [5.41, 5.74) is 3.04. The molecule has 0 radical (unpaired) electrons. The van der Waals surface area contributed by atoms with Crippen molar-refractivity contribution in [1.82, 2.24) is 0 Å². The minimum Gasteiger partial charge on any atom is -0.619 e. The number of halogens is 1. The molecule has 1 heterocycles. The lowest BCUT2D eigenvalue weighted by Crippen LogP contribution is -2.24. The van der Waals surface area contributed by atoms with Gasteiger partial charge in [-0.1, -0.05) is 23.7 Å². The van der Waals surface area contributed by atoms with Gasteiger partial charge in [-0.2, -0.15) is 4.73 Å². The molecule has 1 N–H and O–H groups in total. The highest BCUT2D eigenvalue weighted by atomic mass is 35.5. The third-order valence-corrected chi connectivity index (χ3v) is 4.46. The highest BCUT2D eigenvalue weighted by Crippen LogP contribution is 2.20. The number of ether oxygens (including phenoxy) is 1. The lowest BCUT2D eigenvalue weighted by Gasteiger charge is -2.08. The Morgan fingerprint density at radius 3 is 2.36 bits per heavy atom. The number of carbonyl (C=O) groups is 2. The number of amides is 1. The maximum Gasteiger partial charge on any atom is 0.338 e. The van der Waals surface area contributed by atoms with E-state index in [2.05, 4.69) is 5.32 Å². The molecule has 0 bridgehead atoms. The number of hydrogen-bond donors (Lipinski definition) is 1. The normalized spacial score (nSPS) is 10.4. The molecule has 3 rings (SSSR count). The lowest BCUT2D eigenvalue weighted by molar-refractivity contribution is -0.605. The first-order chi connectivity index (χ1) is 13.4. The predicted octanol–water partition coefficient (Wildman–Crippen LogP) is 3.89.